The van der Waals surface area contributed by atoms with E-state index in [0.717, 1.165) is 10.2 Å². The van der Waals surface area contributed by atoms with Crippen LogP contribution in [0, 0.1) is 5.92 Å². The van der Waals surface area contributed by atoms with Crippen molar-refractivity contribution in [3.8, 4) is 17.0 Å². The van der Waals surface area contributed by atoms with Crippen molar-refractivity contribution < 1.29 is 19.4 Å². The molecule has 27 heavy (non-hydrogen) atoms. The molecular formula is C19H23N3O5. The van der Waals surface area contributed by atoms with Crippen molar-refractivity contribution in [1.29, 1.82) is 0 Å². The van der Waals surface area contributed by atoms with Crippen molar-refractivity contribution in [1.82, 2.24) is 15.1 Å². The van der Waals surface area contributed by atoms with Crippen LogP contribution in [0.15, 0.2) is 41.2 Å². The Labute approximate surface area is 156 Å². The summed E-state index contributed by atoms with van der Waals surface area (Å²) in [6.07, 6.45) is 0.600. The number of nitrogens with one attached hydrogen (secondary N) is 1. The highest BCUT2D eigenvalue weighted by molar-refractivity contribution is 5.83. The van der Waals surface area contributed by atoms with Crippen LogP contribution in [0.3, 0.4) is 0 Å². The van der Waals surface area contributed by atoms with Crippen LogP contribution in [-0.4, -0.2) is 39.9 Å². The van der Waals surface area contributed by atoms with E-state index in [1.165, 1.54) is 6.07 Å². The van der Waals surface area contributed by atoms with E-state index in [2.05, 4.69) is 10.4 Å². The number of methoxy groups -OCH3 is 1. The molecule has 0 aliphatic heterocycles. The fraction of sp³-hybridized carbons (Fsp3) is 0.368. The second-order valence-corrected chi connectivity index (χ2v) is 6.21. The second kappa shape index (κ2) is 8.98. The number of benzene rings is 1. The van der Waals surface area contributed by atoms with E-state index in [1.54, 1.807) is 44.4 Å². The summed E-state index contributed by atoms with van der Waals surface area (Å²) in [6.45, 7) is 3.23. The van der Waals surface area contributed by atoms with E-state index in [4.69, 9.17) is 4.74 Å². The maximum Gasteiger partial charge on any atom is 0.326 e. The minimum atomic E-state index is -1.11. The van der Waals surface area contributed by atoms with Gasteiger partial charge in [-0.2, -0.15) is 5.10 Å². The fourth-order valence-electron chi connectivity index (χ4n) is 2.52. The van der Waals surface area contributed by atoms with Gasteiger partial charge in [-0.3, -0.25) is 9.59 Å². The molecule has 0 spiro atoms. The number of rotatable bonds is 8. The number of aliphatic carboxylic acids is 1. The van der Waals surface area contributed by atoms with E-state index in [1.807, 2.05) is 6.92 Å². The van der Waals surface area contributed by atoms with E-state index in [0.29, 0.717) is 17.9 Å². The third kappa shape index (κ3) is 5.16. The van der Waals surface area contributed by atoms with Crippen LogP contribution in [0.2, 0.25) is 0 Å². The molecular weight excluding hydrogens is 350 g/mol. The Morgan fingerprint density at radius 1 is 1.22 bits per heavy atom. The van der Waals surface area contributed by atoms with Crippen LogP contribution in [0.1, 0.15) is 20.3 Å². The molecule has 1 heterocycles. The van der Waals surface area contributed by atoms with Crippen molar-refractivity contribution in [2.75, 3.05) is 7.11 Å². The minimum absolute atomic E-state index is 0.234. The van der Waals surface area contributed by atoms with Gasteiger partial charge in [-0.25, -0.2) is 9.48 Å². The van der Waals surface area contributed by atoms with Crippen LogP contribution in [0.4, 0.5) is 0 Å². The van der Waals surface area contributed by atoms with Gasteiger partial charge in [0.15, 0.2) is 0 Å². The monoisotopic (exact) mass is 373 g/mol. The van der Waals surface area contributed by atoms with Crippen molar-refractivity contribution in [2.45, 2.75) is 32.9 Å². The van der Waals surface area contributed by atoms with Gasteiger partial charge in [-0.05, 0) is 36.2 Å². The zero-order valence-electron chi connectivity index (χ0n) is 15.5. The van der Waals surface area contributed by atoms with Gasteiger partial charge in [-0.1, -0.05) is 20.3 Å². The molecule has 0 fully saturated rings. The maximum atomic E-state index is 12.2. The van der Waals surface area contributed by atoms with E-state index < -0.39 is 23.5 Å². The molecule has 2 N–H and O–H groups in total. The van der Waals surface area contributed by atoms with Gasteiger partial charge in [0, 0.05) is 11.6 Å². The first-order valence-electron chi connectivity index (χ1n) is 8.60. The first-order valence-corrected chi connectivity index (χ1v) is 8.60. The summed E-state index contributed by atoms with van der Waals surface area (Å²) in [7, 11) is 1.57. The van der Waals surface area contributed by atoms with Crippen LogP contribution in [-0.2, 0) is 16.1 Å². The molecule has 0 aliphatic carbocycles. The predicted molar refractivity (Wildman–Crippen MR) is 99.5 cm³/mol. The molecule has 0 bridgehead atoms. The number of aromatic nitrogens is 2. The van der Waals surface area contributed by atoms with Gasteiger partial charge in [0.05, 0.1) is 12.8 Å². The molecule has 0 unspecified atom stereocenters. The number of carbonyl (C=O) groups is 2. The minimum Gasteiger partial charge on any atom is -0.497 e. The average Bonchev–Trinajstić information content (AvgIpc) is 2.67. The molecule has 1 aromatic carbocycles. The number of carbonyl (C=O) groups excluding carboxylic acids is 1. The smallest absolute Gasteiger partial charge is 0.326 e. The number of ether oxygens (including phenoxy) is 1. The molecule has 0 saturated carbocycles. The van der Waals surface area contributed by atoms with Crippen molar-refractivity contribution in [3.05, 3.63) is 46.8 Å². The topological polar surface area (TPSA) is 111 Å². The van der Waals surface area contributed by atoms with E-state index in [-0.39, 0.29) is 12.5 Å². The highest BCUT2D eigenvalue weighted by Crippen LogP contribution is 2.19. The highest BCUT2D eigenvalue weighted by Gasteiger charge is 2.25. The second-order valence-electron chi connectivity index (χ2n) is 6.21. The standard InChI is InChI=1S/C19H23N3O5/c1-4-12(2)18(19(25)26)20-16(23)11-22-17(24)10-9-15(21-22)13-5-7-14(27-3)8-6-13/h5-10,12,18H,4,11H2,1-3H3,(H,20,23)(H,25,26)/t12-,18-/m0/s1. The van der Waals surface area contributed by atoms with Gasteiger partial charge in [0.1, 0.15) is 18.3 Å². The molecule has 8 heteroatoms. The summed E-state index contributed by atoms with van der Waals surface area (Å²) in [5.41, 5.74) is 0.826. The Hall–Kier alpha value is -3.16. The lowest BCUT2D eigenvalue weighted by atomic mass is 9.99. The van der Waals surface area contributed by atoms with Crippen molar-refractivity contribution in [2.24, 2.45) is 5.92 Å². The Morgan fingerprint density at radius 2 is 1.89 bits per heavy atom. The summed E-state index contributed by atoms with van der Waals surface area (Å²) in [5, 5.41) is 15.9. The summed E-state index contributed by atoms with van der Waals surface area (Å²) >= 11 is 0. The normalized spacial score (nSPS) is 12.9. The lowest BCUT2D eigenvalue weighted by Gasteiger charge is -2.20. The molecule has 2 aromatic rings. The Morgan fingerprint density at radius 3 is 2.44 bits per heavy atom. The third-order valence-electron chi connectivity index (χ3n) is 4.34. The summed E-state index contributed by atoms with van der Waals surface area (Å²) in [4.78, 5) is 35.6. The van der Waals surface area contributed by atoms with Crippen LogP contribution < -0.4 is 15.6 Å². The number of hydrogen-bond donors (Lipinski definition) is 2. The Balaban J connectivity index is 2.19. The Bertz CT molecular complexity index is 860. The zero-order valence-corrected chi connectivity index (χ0v) is 15.5. The van der Waals surface area contributed by atoms with Crippen LogP contribution >= 0.6 is 0 Å². The molecule has 0 aliphatic rings. The van der Waals surface area contributed by atoms with Gasteiger partial charge in [0.25, 0.3) is 5.56 Å². The number of amides is 1. The lowest BCUT2D eigenvalue weighted by molar-refractivity contribution is -0.143. The molecule has 2 atom stereocenters. The molecule has 0 saturated heterocycles. The molecule has 2 rings (SSSR count). The SMILES string of the molecule is CC[C@H](C)[C@H](NC(=O)Cn1nc(-c2ccc(OC)cc2)ccc1=O)C(=O)O. The van der Waals surface area contributed by atoms with E-state index in [9.17, 15) is 19.5 Å². The molecule has 144 valence electrons. The van der Waals surface area contributed by atoms with Crippen LogP contribution in [0.5, 0.6) is 5.75 Å². The highest BCUT2D eigenvalue weighted by atomic mass is 16.5. The zero-order chi connectivity index (χ0) is 20.0. The summed E-state index contributed by atoms with van der Waals surface area (Å²) in [5.74, 6) is -1.23. The number of carboxylic acids is 1. The first-order chi connectivity index (χ1) is 12.8. The quantitative estimate of drug-likeness (QED) is 0.726. The number of nitrogens with zero attached hydrogens (tertiary/aromatic N) is 2. The number of carboxylic acid groups (broad SMARTS) is 1. The van der Waals surface area contributed by atoms with Gasteiger partial charge >= 0.3 is 5.97 Å². The lowest BCUT2D eigenvalue weighted by Crippen LogP contribution is -2.47. The largest absolute Gasteiger partial charge is 0.497 e. The molecule has 1 amide bonds. The maximum absolute atomic E-state index is 12.2. The summed E-state index contributed by atoms with van der Waals surface area (Å²) in [6, 6.07) is 8.99. The van der Waals surface area contributed by atoms with Crippen molar-refractivity contribution in [3.63, 3.8) is 0 Å². The third-order valence-corrected chi connectivity index (χ3v) is 4.34. The average molecular weight is 373 g/mol. The molecule has 0 radical (unpaired) electrons. The van der Waals surface area contributed by atoms with Gasteiger partial charge in [0.2, 0.25) is 5.91 Å². The fourth-order valence-corrected chi connectivity index (χ4v) is 2.52. The first kappa shape index (κ1) is 20.2. The van der Waals surface area contributed by atoms with Crippen LogP contribution in [0.25, 0.3) is 11.3 Å². The van der Waals surface area contributed by atoms with Crippen molar-refractivity contribution >= 4 is 11.9 Å². The van der Waals surface area contributed by atoms with Gasteiger partial charge in [-0.15, -0.1) is 0 Å². The van der Waals surface area contributed by atoms with E-state index >= 15 is 0 Å². The summed E-state index contributed by atoms with van der Waals surface area (Å²) < 4.78 is 6.13. The molecule has 8 nitrogen and oxygen atoms in total. The Kier molecular flexibility index (Phi) is 6.70. The predicted octanol–water partition coefficient (Wildman–Crippen LogP) is 1.53. The molecule has 1 aromatic heterocycles. The van der Waals surface area contributed by atoms with Gasteiger partial charge < -0.3 is 15.2 Å². The number of hydrogen-bond acceptors (Lipinski definition) is 5.